The molecule has 1 heterocycles. The zero-order chi connectivity index (χ0) is 23.2. The molecule has 0 aliphatic rings. The Hall–Kier alpha value is -4.12. The van der Waals surface area contributed by atoms with Gasteiger partial charge >= 0.3 is 0 Å². The first-order chi connectivity index (χ1) is 16.1. The highest BCUT2D eigenvalue weighted by atomic mass is 19.1. The first kappa shape index (κ1) is 22.1. The van der Waals surface area contributed by atoms with Gasteiger partial charge in [-0.3, -0.25) is 9.79 Å². The molecule has 3 aromatic carbocycles. The van der Waals surface area contributed by atoms with Crippen LogP contribution < -0.4 is 0 Å². The van der Waals surface area contributed by atoms with Crippen molar-refractivity contribution in [2.24, 2.45) is 12.0 Å². The second kappa shape index (κ2) is 10.0. The number of ketones is 1. The van der Waals surface area contributed by atoms with E-state index in [4.69, 9.17) is 4.99 Å². The molecule has 4 rings (SSSR count). The monoisotopic (exact) mass is 437 g/mol. The summed E-state index contributed by atoms with van der Waals surface area (Å²) in [4.78, 5) is 22.9. The molecule has 0 radical (unpaired) electrons. The minimum atomic E-state index is -0.924. The van der Waals surface area contributed by atoms with E-state index in [0.717, 1.165) is 11.1 Å². The first-order valence-electron chi connectivity index (χ1n) is 10.7. The Morgan fingerprint density at radius 1 is 0.970 bits per heavy atom. The van der Waals surface area contributed by atoms with Gasteiger partial charge < -0.3 is 4.57 Å². The number of benzene rings is 3. The van der Waals surface area contributed by atoms with Crippen molar-refractivity contribution in [1.29, 1.82) is 0 Å². The van der Waals surface area contributed by atoms with Gasteiger partial charge in [0.15, 0.2) is 5.82 Å². The van der Waals surface area contributed by atoms with Gasteiger partial charge in [-0.25, -0.2) is 9.37 Å². The third kappa shape index (κ3) is 4.72. The van der Waals surface area contributed by atoms with Crippen molar-refractivity contribution in [3.05, 3.63) is 138 Å². The van der Waals surface area contributed by atoms with Gasteiger partial charge in [-0.2, -0.15) is 0 Å². The molecule has 0 fully saturated rings. The Kier molecular flexibility index (Phi) is 6.69. The molecule has 4 aromatic rings. The van der Waals surface area contributed by atoms with Crippen LogP contribution in [-0.4, -0.2) is 27.1 Å². The third-order valence-electron chi connectivity index (χ3n) is 5.52. The van der Waals surface area contributed by atoms with Crippen LogP contribution in [0.5, 0.6) is 0 Å². The lowest BCUT2D eigenvalue weighted by atomic mass is 9.86. The van der Waals surface area contributed by atoms with E-state index in [1.807, 2.05) is 60.7 Å². The maximum absolute atomic E-state index is 15.0. The van der Waals surface area contributed by atoms with Gasteiger partial charge in [-0.15, -0.1) is 6.58 Å². The van der Waals surface area contributed by atoms with Gasteiger partial charge in [0.25, 0.3) is 0 Å². The number of imidazole rings is 1. The van der Waals surface area contributed by atoms with Crippen LogP contribution in [0.4, 0.5) is 4.39 Å². The second-order valence-corrected chi connectivity index (χ2v) is 7.66. The van der Waals surface area contributed by atoms with Crippen LogP contribution in [0.2, 0.25) is 0 Å². The molecule has 0 saturated heterocycles. The summed E-state index contributed by atoms with van der Waals surface area (Å²) in [5, 5.41) is 0. The van der Waals surface area contributed by atoms with Crippen molar-refractivity contribution in [3.8, 4) is 0 Å². The van der Waals surface area contributed by atoms with Crippen LogP contribution in [0.25, 0.3) is 0 Å². The highest BCUT2D eigenvalue weighted by Gasteiger charge is 2.33. The zero-order valence-corrected chi connectivity index (χ0v) is 18.3. The summed E-state index contributed by atoms with van der Waals surface area (Å²) < 4.78 is 16.6. The van der Waals surface area contributed by atoms with Gasteiger partial charge in [0.1, 0.15) is 5.82 Å². The van der Waals surface area contributed by atoms with E-state index in [2.05, 4.69) is 11.6 Å². The predicted molar refractivity (Wildman–Crippen MR) is 129 cm³/mol. The number of nitrogens with zero attached hydrogens (tertiary/aromatic N) is 3. The number of aryl methyl sites for hydroxylation is 1. The lowest BCUT2D eigenvalue weighted by molar-refractivity contribution is 0.0939. The normalized spacial score (nSPS) is 12.5. The molecule has 0 spiro atoms. The Bertz CT molecular complexity index is 1240. The average Bonchev–Trinajstić information content (AvgIpc) is 3.29. The Balaban J connectivity index is 1.89. The summed E-state index contributed by atoms with van der Waals surface area (Å²) >= 11 is 0. The van der Waals surface area contributed by atoms with E-state index in [0.29, 0.717) is 5.71 Å². The smallest absolute Gasteiger partial charge is 0.208 e. The van der Waals surface area contributed by atoms with Crippen LogP contribution in [0.15, 0.2) is 115 Å². The molecule has 164 valence electrons. The fourth-order valence-corrected chi connectivity index (χ4v) is 3.87. The summed E-state index contributed by atoms with van der Waals surface area (Å²) in [5.74, 6) is -1.46. The molecule has 0 aliphatic carbocycles. The predicted octanol–water partition coefficient (Wildman–Crippen LogP) is 5.62. The van der Waals surface area contributed by atoms with Crippen molar-refractivity contribution >= 4 is 11.5 Å². The zero-order valence-electron chi connectivity index (χ0n) is 18.3. The molecule has 5 heteroatoms. The Morgan fingerprint density at radius 3 is 2.06 bits per heavy atom. The third-order valence-corrected chi connectivity index (χ3v) is 5.52. The summed E-state index contributed by atoms with van der Waals surface area (Å²) in [6.45, 7) is 3.95. The molecule has 0 N–H and O–H groups in total. The van der Waals surface area contributed by atoms with Crippen LogP contribution >= 0.6 is 0 Å². The molecule has 1 aromatic heterocycles. The molecule has 0 amide bonds. The van der Waals surface area contributed by atoms with E-state index in [1.54, 1.807) is 48.3 Å². The minimum absolute atomic E-state index is 0.242. The number of aromatic nitrogens is 2. The lowest BCUT2D eigenvalue weighted by Crippen LogP contribution is -2.28. The largest absolute Gasteiger partial charge is 0.332 e. The van der Waals surface area contributed by atoms with Crippen LogP contribution in [0.1, 0.15) is 33.2 Å². The molecule has 4 nitrogen and oxygen atoms in total. The standard InChI is InChI=1S/C28H24FN3O/c1-3-24(31-26(20-12-6-4-7-13-20)21-14-8-5-9-15-21)25(22-16-10-11-17-23(22)29)27(33)28-30-18-19-32(28)2/h3-19,24-25H,1H2,2H3/t24-,25-/m0/s1. The SMILES string of the molecule is C=C[C@H](N=C(c1ccccc1)c1ccccc1)[C@@H](C(=O)c1nccn1C)c1ccccc1F. The highest BCUT2D eigenvalue weighted by Crippen LogP contribution is 2.30. The Morgan fingerprint density at radius 2 is 1.55 bits per heavy atom. The molecule has 2 atom stereocenters. The topological polar surface area (TPSA) is 47.2 Å². The van der Waals surface area contributed by atoms with Crippen molar-refractivity contribution < 1.29 is 9.18 Å². The fraction of sp³-hybridized carbons (Fsp3) is 0.107. The molecule has 33 heavy (non-hydrogen) atoms. The van der Waals surface area contributed by atoms with Crippen molar-refractivity contribution in [2.45, 2.75) is 12.0 Å². The number of hydrogen-bond acceptors (Lipinski definition) is 3. The fourth-order valence-electron chi connectivity index (χ4n) is 3.87. The summed E-state index contributed by atoms with van der Waals surface area (Å²) in [7, 11) is 1.74. The maximum Gasteiger partial charge on any atom is 0.208 e. The number of halogens is 1. The van der Waals surface area contributed by atoms with Crippen LogP contribution in [-0.2, 0) is 7.05 Å². The van der Waals surface area contributed by atoms with Gasteiger partial charge in [0.05, 0.1) is 17.7 Å². The second-order valence-electron chi connectivity index (χ2n) is 7.66. The number of aliphatic imine (C=N–C) groups is 1. The maximum atomic E-state index is 15.0. The first-order valence-corrected chi connectivity index (χ1v) is 10.7. The number of rotatable bonds is 8. The quantitative estimate of drug-likeness (QED) is 0.204. The van der Waals surface area contributed by atoms with Crippen LogP contribution in [0.3, 0.4) is 0 Å². The number of Topliss-reactive ketones (excluding diaryl/α,β-unsaturated/α-hetero) is 1. The average molecular weight is 438 g/mol. The van der Waals surface area contributed by atoms with Crippen LogP contribution in [0, 0.1) is 5.82 Å². The molecular formula is C28H24FN3O. The molecular weight excluding hydrogens is 413 g/mol. The van der Waals surface area contributed by atoms with Gasteiger partial charge in [0, 0.05) is 36.1 Å². The van der Waals surface area contributed by atoms with Crippen molar-refractivity contribution in [1.82, 2.24) is 9.55 Å². The molecule has 0 unspecified atom stereocenters. The number of carbonyl (C=O) groups excluding carboxylic acids is 1. The summed E-state index contributed by atoms with van der Waals surface area (Å²) in [5.41, 5.74) is 2.76. The number of hydrogen-bond donors (Lipinski definition) is 0. The summed E-state index contributed by atoms with van der Waals surface area (Å²) in [6, 6.07) is 25.0. The lowest BCUT2D eigenvalue weighted by Gasteiger charge is -2.23. The van der Waals surface area contributed by atoms with Gasteiger partial charge in [-0.05, 0) is 6.07 Å². The highest BCUT2D eigenvalue weighted by molar-refractivity contribution is 6.13. The molecule has 0 aliphatic heterocycles. The molecule has 0 saturated carbocycles. The van der Waals surface area contributed by atoms with Crippen molar-refractivity contribution in [2.75, 3.05) is 0 Å². The van der Waals surface area contributed by atoms with Gasteiger partial charge in [0.2, 0.25) is 5.78 Å². The van der Waals surface area contributed by atoms with E-state index < -0.39 is 17.8 Å². The van der Waals surface area contributed by atoms with E-state index in [-0.39, 0.29) is 17.2 Å². The van der Waals surface area contributed by atoms with E-state index in [9.17, 15) is 9.18 Å². The minimum Gasteiger partial charge on any atom is -0.332 e. The van der Waals surface area contributed by atoms with Crippen molar-refractivity contribution in [3.63, 3.8) is 0 Å². The molecule has 0 bridgehead atoms. The number of carbonyl (C=O) groups is 1. The Labute approximate surface area is 192 Å². The summed E-state index contributed by atoms with van der Waals surface area (Å²) in [6.07, 6.45) is 4.85. The van der Waals surface area contributed by atoms with Gasteiger partial charge in [-0.1, -0.05) is 84.9 Å². The van der Waals surface area contributed by atoms with E-state index in [1.165, 1.54) is 6.07 Å². The van der Waals surface area contributed by atoms with E-state index >= 15 is 0 Å².